The molecule has 0 aliphatic heterocycles. The molecule has 0 spiro atoms. The Morgan fingerprint density at radius 2 is 2.17 bits per heavy atom. The molecule has 0 saturated heterocycles. The Morgan fingerprint density at radius 1 is 1.42 bits per heavy atom. The lowest BCUT2D eigenvalue weighted by atomic mass is 10.2. The Labute approximate surface area is 79.3 Å². The number of rotatable bonds is 0. The molecule has 2 aromatic rings. The number of fused-ring (bicyclic) bond motifs is 1. The zero-order chi connectivity index (χ0) is 8.72. The molecular weight excluding hydrogens is 216 g/mol. The first-order valence-electron chi connectivity index (χ1n) is 3.75. The molecule has 0 radical (unpaired) electrons. The van der Waals surface area contributed by atoms with E-state index in [1.54, 1.807) is 0 Å². The number of pyridine rings is 1. The van der Waals surface area contributed by atoms with Gasteiger partial charge in [-0.05, 0) is 34.5 Å². The molecule has 12 heavy (non-hydrogen) atoms. The van der Waals surface area contributed by atoms with E-state index in [1.165, 1.54) is 16.5 Å². The van der Waals surface area contributed by atoms with Gasteiger partial charge in [-0.3, -0.25) is 4.98 Å². The van der Waals surface area contributed by atoms with Gasteiger partial charge in [0.15, 0.2) is 0 Å². The molecule has 0 saturated carbocycles. The molecule has 0 aliphatic carbocycles. The maximum atomic E-state index is 4.13. The Balaban J connectivity index is 2.97. The van der Waals surface area contributed by atoms with Gasteiger partial charge >= 0.3 is 0 Å². The minimum atomic E-state index is 1.09. The summed E-state index contributed by atoms with van der Waals surface area (Å²) in [5.41, 5.74) is 2.46. The lowest BCUT2D eigenvalue weighted by Gasteiger charge is -1.99. The zero-order valence-electron chi connectivity index (χ0n) is 7.00. The molecule has 0 N–H and O–H groups in total. The van der Waals surface area contributed by atoms with Crippen LogP contribution >= 0.6 is 15.9 Å². The van der Waals surface area contributed by atoms with Crippen LogP contribution in [0.2, 0.25) is 0 Å². The first-order chi connectivity index (χ1) is 5.70. The predicted molar refractivity (Wildman–Crippen MR) is 53.2 cm³/mol. The van der Waals surface area contributed by atoms with Crippen molar-refractivity contribution in [2.75, 3.05) is 0 Å². The molecule has 2 nitrogen and oxygen atoms in total. The van der Waals surface area contributed by atoms with Gasteiger partial charge in [-0.1, -0.05) is 0 Å². The van der Waals surface area contributed by atoms with Crippen LogP contribution in [0.1, 0.15) is 5.56 Å². The van der Waals surface area contributed by atoms with Crippen molar-refractivity contribution in [2.24, 2.45) is 7.05 Å². The maximum absolute atomic E-state index is 4.13. The fraction of sp³-hybridized carbons (Fsp3) is 0.222. The quantitative estimate of drug-likeness (QED) is 0.673. The highest BCUT2D eigenvalue weighted by Gasteiger charge is 2.04. The molecule has 0 bridgehead atoms. The summed E-state index contributed by atoms with van der Waals surface area (Å²) in [4.78, 5) is 4.13. The molecule has 0 aliphatic rings. The van der Waals surface area contributed by atoms with Crippen molar-refractivity contribution in [1.82, 2.24) is 9.55 Å². The van der Waals surface area contributed by atoms with Gasteiger partial charge in [0.25, 0.3) is 0 Å². The summed E-state index contributed by atoms with van der Waals surface area (Å²) in [5.74, 6) is 0. The zero-order valence-corrected chi connectivity index (χ0v) is 8.59. The van der Waals surface area contributed by atoms with Crippen LogP contribution in [0.15, 0.2) is 23.1 Å². The molecule has 0 amide bonds. The Kier molecular flexibility index (Phi) is 1.68. The summed E-state index contributed by atoms with van der Waals surface area (Å²) in [6.45, 7) is 2.07. The van der Waals surface area contributed by atoms with Crippen LogP contribution in [0.3, 0.4) is 0 Å². The minimum Gasteiger partial charge on any atom is -0.338 e. The van der Waals surface area contributed by atoms with Crippen molar-refractivity contribution in [2.45, 2.75) is 6.92 Å². The molecule has 2 aromatic heterocycles. The second-order valence-electron chi connectivity index (χ2n) is 2.92. The molecule has 0 unspecified atom stereocenters. The third-order valence-corrected chi connectivity index (χ3v) is 2.82. The van der Waals surface area contributed by atoms with Crippen molar-refractivity contribution in [3.05, 3.63) is 28.6 Å². The number of hydrogen-bond acceptors (Lipinski definition) is 1. The van der Waals surface area contributed by atoms with E-state index in [0.29, 0.717) is 0 Å². The van der Waals surface area contributed by atoms with Crippen LogP contribution in [0.4, 0.5) is 0 Å². The fourth-order valence-electron chi connectivity index (χ4n) is 1.48. The van der Waals surface area contributed by atoms with Crippen LogP contribution in [0.25, 0.3) is 10.9 Å². The van der Waals surface area contributed by atoms with Crippen molar-refractivity contribution in [3.8, 4) is 0 Å². The molecule has 62 valence electrons. The summed E-state index contributed by atoms with van der Waals surface area (Å²) >= 11 is 3.48. The smallest absolute Gasteiger partial charge is 0.0855 e. The largest absolute Gasteiger partial charge is 0.338 e. The summed E-state index contributed by atoms with van der Waals surface area (Å²) in [6.07, 6.45) is 3.77. The van der Waals surface area contributed by atoms with E-state index in [2.05, 4.69) is 38.5 Å². The van der Waals surface area contributed by atoms with Crippen LogP contribution in [-0.4, -0.2) is 9.55 Å². The third kappa shape index (κ3) is 0.966. The van der Waals surface area contributed by atoms with Gasteiger partial charge in [0.1, 0.15) is 0 Å². The summed E-state index contributed by atoms with van der Waals surface area (Å²) in [5, 5.41) is 1.18. The van der Waals surface area contributed by atoms with Gasteiger partial charge in [-0.25, -0.2) is 0 Å². The van der Waals surface area contributed by atoms with Gasteiger partial charge in [0.2, 0.25) is 0 Å². The Bertz CT molecular complexity index is 431. The Hall–Kier alpha value is -0.830. The molecular formula is C9H9BrN2. The van der Waals surface area contributed by atoms with Crippen LogP contribution in [-0.2, 0) is 7.05 Å². The van der Waals surface area contributed by atoms with E-state index in [0.717, 1.165) is 4.60 Å². The van der Waals surface area contributed by atoms with Crippen molar-refractivity contribution < 1.29 is 0 Å². The van der Waals surface area contributed by atoms with E-state index in [9.17, 15) is 0 Å². The standard InChI is InChI=1S/C9H9BrN2/c1-6-4-11-5-7-3-8(10)12(2)9(6)7/h3-5H,1-2H3. The van der Waals surface area contributed by atoms with Gasteiger partial charge in [0.05, 0.1) is 10.1 Å². The van der Waals surface area contributed by atoms with E-state index < -0.39 is 0 Å². The average molecular weight is 225 g/mol. The van der Waals surface area contributed by atoms with Gasteiger partial charge in [0, 0.05) is 24.8 Å². The fourth-order valence-corrected chi connectivity index (χ4v) is 1.90. The lowest BCUT2D eigenvalue weighted by molar-refractivity contribution is 0.935. The lowest BCUT2D eigenvalue weighted by Crippen LogP contribution is -1.89. The van der Waals surface area contributed by atoms with Crippen molar-refractivity contribution in [3.63, 3.8) is 0 Å². The highest BCUT2D eigenvalue weighted by Crippen LogP contribution is 2.23. The maximum Gasteiger partial charge on any atom is 0.0855 e. The second-order valence-corrected chi connectivity index (χ2v) is 3.73. The molecule has 0 aromatic carbocycles. The molecule has 0 atom stereocenters. The third-order valence-electron chi connectivity index (χ3n) is 2.06. The number of hydrogen-bond donors (Lipinski definition) is 0. The van der Waals surface area contributed by atoms with E-state index in [-0.39, 0.29) is 0 Å². The first kappa shape index (κ1) is 7.80. The van der Waals surface area contributed by atoms with E-state index in [1.807, 2.05) is 19.4 Å². The van der Waals surface area contributed by atoms with Gasteiger partial charge < -0.3 is 4.57 Å². The minimum absolute atomic E-state index is 1.09. The van der Waals surface area contributed by atoms with E-state index >= 15 is 0 Å². The van der Waals surface area contributed by atoms with Gasteiger partial charge in [-0.2, -0.15) is 0 Å². The topological polar surface area (TPSA) is 17.8 Å². The highest BCUT2D eigenvalue weighted by atomic mass is 79.9. The van der Waals surface area contributed by atoms with Gasteiger partial charge in [-0.15, -0.1) is 0 Å². The Morgan fingerprint density at radius 3 is 2.83 bits per heavy atom. The second kappa shape index (κ2) is 2.59. The van der Waals surface area contributed by atoms with Crippen molar-refractivity contribution >= 4 is 26.8 Å². The monoisotopic (exact) mass is 224 g/mol. The predicted octanol–water partition coefficient (Wildman–Crippen LogP) is 2.64. The van der Waals surface area contributed by atoms with Crippen LogP contribution < -0.4 is 0 Å². The average Bonchev–Trinajstić information content (AvgIpc) is 2.29. The molecule has 2 heterocycles. The van der Waals surface area contributed by atoms with E-state index in [4.69, 9.17) is 0 Å². The SMILES string of the molecule is Cc1cncc2cc(Br)n(C)c12. The molecule has 3 heteroatoms. The van der Waals surface area contributed by atoms with Crippen LogP contribution in [0.5, 0.6) is 0 Å². The number of halogens is 1. The summed E-state index contributed by atoms with van der Waals surface area (Å²) in [6, 6.07) is 2.08. The highest BCUT2D eigenvalue weighted by molar-refractivity contribution is 9.10. The summed E-state index contributed by atoms with van der Waals surface area (Å²) in [7, 11) is 2.04. The first-order valence-corrected chi connectivity index (χ1v) is 4.55. The normalized spacial score (nSPS) is 10.9. The van der Waals surface area contributed by atoms with Crippen molar-refractivity contribution in [1.29, 1.82) is 0 Å². The molecule has 0 fully saturated rings. The number of nitrogens with zero attached hydrogens (tertiary/aromatic N) is 2. The summed E-state index contributed by atoms with van der Waals surface area (Å²) < 4.78 is 3.21. The molecule has 2 rings (SSSR count). The number of aromatic nitrogens is 2. The number of aryl methyl sites for hydroxylation is 2. The van der Waals surface area contributed by atoms with Crippen LogP contribution in [0, 0.1) is 6.92 Å².